The van der Waals surface area contributed by atoms with Gasteiger partial charge in [-0.15, -0.1) is 0 Å². The van der Waals surface area contributed by atoms with Gasteiger partial charge < -0.3 is 9.29 Å². The van der Waals surface area contributed by atoms with Gasteiger partial charge in [-0.25, -0.2) is 0 Å². The smallest absolute Gasteiger partial charge is 0.128 e. The van der Waals surface area contributed by atoms with Crippen molar-refractivity contribution in [3.63, 3.8) is 0 Å². The van der Waals surface area contributed by atoms with E-state index >= 15 is 0 Å². The maximum Gasteiger partial charge on any atom is 0.128 e. The van der Waals surface area contributed by atoms with E-state index < -0.39 is 11.1 Å². The van der Waals surface area contributed by atoms with E-state index in [4.69, 9.17) is 4.74 Å². The first-order chi connectivity index (χ1) is 10.7. The van der Waals surface area contributed by atoms with Crippen LogP contribution in [0.25, 0.3) is 11.1 Å². The van der Waals surface area contributed by atoms with Crippen LogP contribution in [0.3, 0.4) is 0 Å². The molecule has 4 heteroatoms. The van der Waals surface area contributed by atoms with Crippen molar-refractivity contribution < 1.29 is 13.5 Å². The van der Waals surface area contributed by atoms with Crippen LogP contribution in [0.2, 0.25) is 0 Å². The standard InChI is InChI=1S/C18H14O3S/c19-22(20)18-12-11-16(21-15-9-5-2-6-10-15)13-17(18)14-7-3-1-4-8-14/h1-13H,(H,19,20)/p-1. The number of hydrogen-bond donors (Lipinski definition) is 0. The van der Waals surface area contributed by atoms with Crippen molar-refractivity contribution in [1.29, 1.82) is 0 Å². The van der Waals surface area contributed by atoms with E-state index in [1.165, 1.54) is 0 Å². The lowest BCUT2D eigenvalue weighted by atomic mass is 10.1. The van der Waals surface area contributed by atoms with E-state index in [9.17, 15) is 8.76 Å². The van der Waals surface area contributed by atoms with Crippen LogP contribution in [0, 0.1) is 0 Å². The van der Waals surface area contributed by atoms with Crippen LogP contribution in [-0.2, 0) is 11.1 Å². The Morgan fingerprint density at radius 1 is 0.773 bits per heavy atom. The lowest BCUT2D eigenvalue weighted by Gasteiger charge is -2.14. The first-order valence-corrected chi connectivity index (χ1v) is 7.83. The molecule has 0 aliphatic carbocycles. The van der Waals surface area contributed by atoms with Crippen LogP contribution >= 0.6 is 0 Å². The zero-order valence-electron chi connectivity index (χ0n) is 11.6. The van der Waals surface area contributed by atoms with Gasteiger partial charge in [0.15, 0.2) is 0 Å². The molecule has 0 aliphatic rings. The van der Waals surface area contributed by atoms with Crippen LogP contribution in [0.1, 0.15) is 0 Å². The molecule has 0 amide bonds. The molecular formula is C18H13O3S-. The number of hydrogen-bond acceptors (Lipinski definition) is 3. The molecule has 0 radical (unpaired) electrons. The molecular weight excluding hydrogens is 296 g/mol. The third-order valence-corrected chi connectivity index (χ3v) is 3.91. The summed E-state index contributed by atoms with van der Waals surface area (Å²) in [6, 6.07) is 23.7. The maximum absolute atomic E-state index is 11.4. The van der Waals surface area contributed by atoms with Crippen molar-refractivity contribution in [2.45, 2.75) is 4.90 Å². The van der Waals surface area contributed by atoms with Gasteiger partial charge in [0.25, 0.3) is 0 Å². The summed E-state index contributed by atoms with van der Waals surface area (Å²) in [5.74, 6) is 1.30. The Labute approximate surface area is 131 Å². The number of ether oxygens (including phenoxy) is 1. The van der Waals surface area contributed by atoms with Gasteiger partial charge in [0.1, 0.15) is 11.5 Å². The van der Waals surface area contributed by atoms with Crippen LogP contribution < -0.4 is 4.74 Å². The molecule has 110 valence electrons. The lowest BCUT2D eigenvalue weighted by molar-refractivity contribution is 0.482. The average molecular weight is 309 g/mol. The summed E-state index contributed by atoms with van der Waals surface area (Å²) in [6.45, 7) is 0. The second-order valence-electron chi connectivity index (χ2n) is 4.67. The minimum atomic E-state index is -2.30. The molecule has 0 aromatic heterocycles. The van der Waals surface area contributed by atoms with Crippen LogP contribution in [0.15, 0.2) is 83.8 Å². The highest BCUT2D eigenvalue weighted by Gasteiger charge is 2.08. The zero-order chi connectivity index (χ0) is 15.4. The molecule has 3 aromatic rings. The predicted octanol–water partition coefficient (Wildman–Crippen LogP) is 4.38. The topological polar surface area (TPSA) is 49.4 Å². The molecule has 3 nitrogen and oxygen atoms in total. The summed E-state index contributed by atoms with van der Waals surface area (Å²) < 4.78 is 28.6. The molecule has 3 aromatic carbocycles. The molecule has 0 saturated carbocycles. The van der Waals surface area contributed by atoms with E-state index in [1.807, 2.05) is 60.7 Å². The third kappa shape index (κ3) is 3.24. The predicted molar refractivity (Wildman–Crippen MR) is 85.6 cm³/mol. The number of para-hydroxylation sites is 1. The van der Waals surface area contributed by atoms with Gasteiger partial charge in [0, 0.05) is 10.5 Å². The second-order valence-corrected chi connectivity index (χ2v) is 5.58. The van der Waals surface area contributed by atoms with Crippen molar-refractivity contribution in [1.82, 2.24) is 0 Å². The van der Waals surface area contributed by atoms with Gasteiger partial charge in [0.05, 0.1) is 0 Å². The van der Waals surface area contributed by atoms with E-state index in [1.54, 1.807) is 18.2 Å². The lowest BCUT2D eigenvalue weighted by Crippen LogP contribution is -1.94. The van der Waals surface area contributed by atoms with Crippen molar-refractivity contribution in [2.75, 3.05) is 0 Å². The summed E-state index contributed by atoms with van der Waals surface area (Å²) >= 11 is -2.30. The fourth-order valence-corrected chi connectivity index (χ4v) is 2.72. The highest BCUT2D eigenvalue weighted by Crippen LogP contribution is 2.31. The second kappa shape index (κ2) is 6.56. The summed E-state index contributed by atoms with van der Waals surface area (Å²) in [7, 11) is 0. The number of rotatable bonds is 4. The van der Waals surface area contributed by atoms with E-state index in [2.05, 4.69) is 0 Å². The molecule has 22 heavy (non-hydrogen) atoms. The van der Waals surface area contributed by atoms with Gasteiger partial charge in [-0.3, -0.25) is 4.21 Å². The average Bonchev–Trinajstić information content (AvgIpc) is 2.56. The third-order valence-electron chi connectivity index (χ3n) is 3.19. The van der Waals surface area contributed by atoms with Crippen LogP contribution in [0.5, 0.6) is 11.5 Å². The highest BCUT2D eigenvalue weighted by atomic mass is 32.2. The van der Waals surface area contributed by atoms with Gasteiger partial charge in [-0.2, -0.15) is 0 Å². The SMILES string of the molecule is O=S([O-])c1ccc(Oc2ccccc2)cc1-c1ccccc1. The van der Waals surface area contributed by atoms with Gasteiger partial charge in [-0.05, 0) is 47.0 Å². The maximum atomic E-state index is 11.4. The minimum absolute atomic E-state index is 0.256. The van der Waals surface area contributed by atoms with E-state index in [-0.39, 0.29) is 4.90 Å². The van der Waals surface area contributed by atoms with Gasteiger partial charge in [0.2, 0.25) is 0 Å². The molecule has 0 aliphatic heterocycles. The molecule has 0 spiro atoms. The molecule has 0 N–H and O–H groups in total. The number of benzene rings is 3. The first kappa shape index (κ1) is 14.5. The van der Waals surface area contributed by atoms with E-state index in [0.717, 1.165) is 5.56 Å². The fourth-order valence-electron chi connectivity index (χ4n) is 2.19. The van der Waals surface area contributed by atoms with Gasteiger partial charge in [-0.1, -0.05) is 48.5 Å². The molecule has 0 heterocycles. The zero-order valence-corrected chi connectivity index (χ0v) is 12.5. The first-order valence-electron chi connectivity index (χ1n) is 6.76. The molecule has 1 unspecified atom stereocenters. The monoisotopic (exact) mass is 309 g/mol. The largest absolute Gasteiger partial charge is 0.768 e. The molecule has 0 bridgehead atoms. The molecule has 0 saturated heterocycles. The van der Waals surface area contributed by atoms with Gasteiger partial charge >= 0.3 is 0 Å². The minimum Gasteiger partial charge on any atom is -0.768 e. The Hall–Kier alpha value is -2.43. The summed E-state index contributed by atoms with van der Waals surface area (Å²) in [5, 5.41) is 0. The van der Waals surface area contributed by atoms with E-state index in [0.29, 0.717) is 17.1 Å². The Morgan fingerprint density at radius 3 is 2.05 bits per heavy atom. The summed E-state index contributed by atoms with van der Waals surface area (Å²) in [5.41, 5.74) is 1.46. The van der Waals surface area contributed by atoms with Crippen LogP contribution in [-0.4, -0.2) is 8.76 Å². The Balaban J connectivity index is 2.03. The fraction of sp³-hybridized carbons (Fsp3) is 0. The van der Waals surface area contributed by atoms with Crippen LogP contribution in [0.4, 0.5) is 0 Å². The van der Waals surface area contributed by atoms with Crippen molar-refractivity contribution in [2.24, 2.45) is 0 Å². The Bertz CT molecular complexity index is 786. The highest BCUT2D eigenvalue weighted by molar-refractivity contribution is 7.79. The quantitative estimate of drug-likeness (QED) is 0.672. The molecule has 0 fully saturated rings. The Morgan fingerprint density at radius 2 is 1.41 bits per heavy atom. The van der Waals surface area contributed by atoms with Crippen molar-refractivity contribution in [3.8, 4) is 22.6 Å². The van der Waals surface area contributed by atoms with Crippen molar-refractivity contribution in [3.05, 3.63) is 78.9 Å². The normalized spacial score (nSPS) is 11.9. The van der Waals surface area contributed by atoms with Crippen molar-refractivity contribution >= 4 is 11.1 Å². The Kier molecular flexibility index (Phi) is 4.32. The summed E-state index contributed by atoms with van der Waals surface area (Å²) in [6.07, 6.45) is 0. The molecule has 3 rings (SSSR count). The molecule has 1 atom stereocenters. The summed E-state index contributed by atoms with van der Waals surface area (Å²) in [4.78, 5) is 0.256.